The molecular weight excluding hydrogens is 334 g/mol. The predicted molar refractivity (Wildman–Crippen MR) is 97.0 cm³/mol. The first-order valence-electron chi connectivity index (χ1n) is 8.09. The van der Waals surface area contributed by atoms with Crippen molar-refractivity contribution < 1.29 is 9.84 Å². The fraction of sp³-hybridized carbons (Fsp3) is 0.158. The van der Waals surface area contributed by atoms with E-state index in [9.17, 15) is 14.7 Å². The van der Waals surface area contributed by atoms with Crippen LogP contribution in [-0.4, -0.2) is 14.2 Å². The Balaban J connectivity index is 2.05. The van der Waals surface area contributed by atoms with Gasteiger partial charge in [0, 0.05) is 14.1 Å². The van der Waals surface area contributed by atoms with Gasteiger partial charge in [-0.05, 0) is 29.8 Å². The molecule has 7 heteroatoms. The van der Waals surface area contributed by atoms with E-state index in [1.54, 1.807) is 37.4 Å². The lowest BCUT2D eigenvalue weighted by Crippen LogP contribution is -2.40. The molecule has 4 rings (SSSR count). The van der Waals surface area contributed by atoms with Gasteiger partial charge in [-0.2, -0.15) is 0 Å². The summed E-state index contributed by atoms with van der Waals surface area (Å²) in [6, 6.07) is 13.3. The Morgan fingerprint density at radius 1 is 1.00 bits per heavy atom. The fourth-order valence-electron chi connectivity index (χ4n) is 3.15. The van der Waals surface area contributed by atoms with Crippen LogP contribution in [0.25, 0.3) is 0 Å². The zero-order valence-corrected chi connectivity index (χ0v) is 14.3. The van der Waals surface area contributed by atoms with Gasteiger partial charge in [0.25, 0.3) is 5.56 Å². The molecule has 1 aliphatic rings. The normalized spacial score (nSPS) is 15.2. The summed E-state index contributed by atoms with van der Waals surface area (Å²) in [5, 5.41) is 12.9. The summed E-state index contributed by atoms with van der Waals surface area (Å²) in [5.74, 6) is 0.861. The van der Waals surface area contributed by atoms with E-state index in [-0.39, 0.29) is 11.6 Å². The van der Waals surface area contributed by atoms with Crippen LogP contribution in [0.3, 0.4) is 0 Å². The number of para-hydroxylation sites is 2. The zero-order chi connectivity index (χ0) is 18.4. The summed E-state index contributed by atoms with van der Waals surface area (Å²) in [5.41, 5.74) is 0.909. The molecular formula is C19H17N3O4. The van der Waals surface area contributed by atoms with Crippen LogP contribution in [0.15, 0.2) is 58.1 Å². The average Bonchev–Trinajstić information content (AvgIpc) is 2.82. The maximum Gasteiger partial charge on any atom is 0.333 e. The molecule has 0 amide bonds. The highest BCUT2D eigenvalue weighted by Gasteiger charge is 2.30. The Morgan fingerprint density at radius 2 is 1.69 bits per heavy atom. The molecule has 3 aromatic rings. The Kier molecular flexibility index (Phi) is 3.57. The smallest absolute Gasteiger partial charge is 0.333 e. The molecule has 0 radical (unpaired) electrons. The first kappa shape index (κ1) is 16.0. The Morgan fingerprint density at radius 3 is 2.42 bits per heavy atom. The summed E-state index contributed by atoms with van der Waals surface area (Å²) >= 11 is 0. The van der Waals surface area contributed by atoms with Crippen molar-refractivity contribution in [2.75, 3.05) is 5.32 Å². The van der Waals surface area contributed by atoms with E-state index >= 15 is 0 Å². The largest absolute Gasteiger partial charge is 0.508 e. The molecule has 0 unspecified atom stereocenters. The number of phenols is 1. The maximum atomic E-state index is 12.9. The third-order valence-corrected chi connectivity index (χ3v) is 4.55. The van der Waals surface area contributed by atoms with E-state index in [2.05, 4.69) is 5.32 Å². The summed E-state index contributed by atoms with van der Waals surface area (Å²) in [4.78, 5) is 25.3. The van der Waals surface area contributed by atoms with E-state index in [0.29, 0.717) is 17.0 Å². The quantitative estimate of drug-likeness (QED) is 0.701. The molecule has 1 aliphatic heterocycles. The molecule has 1 atom stereocenters. The number of nitrogens with zero attached hydrogens (tertiary/aromatic N) is 2. The molecule has 132 valence electrons. The van der Waals surface area contributed by atoms with E-state index in [4.69, 9.17) is 4.74 Å². The topological polar surface area (TPSA) is 85.5 Å². The van der Waals surface area contributed by atoms with Gasteiger partial charge >= 0.3 is 5.69 Å². The van der Waals surface area contributed by atoms with Crippen molar-refractivity contribution in [2.45, 2.75) is 6.04 Å². The molecule has 2 N–H and O–H groups in total. The van der Waals surface area contributed by atoms with Gasteiger partial charge in [0.2, 0.25) is 5.88 Å². The number of benzene rings is 2. The number of rotatable bonds is 1. The minimum absolute atomic E-state index is 0.132. The van der Waals surface area contributed by atoms with Gasteiger partial charge in [0.1, 0.15) is 11.3 Å². The van der Waals surface area contributed by atoms with Gasteiger partial charge in [0.05, 0.1) is 11.7 Å². The minimum Gasteiger partial charge on any atom is -0.508 e. The third-order valence-electron chi connectivity index (χ3n) is 4.55. The molecule has 0 saturated heterocycles. The number of phenolic OH excluding ortho intramolecular Hbond substituents is 1. The van der Waals surface area contributed by atoms with Gasteiger partial charge < -0.3 is 15.2 Å². The molecule has 2 heterocycles. The second-order valence-electron chi connectivity index (χ2n) is 6.19. The van der Waals surface area contributed by atoms with E-state index in [1.165, 1.54) is 11.6 Å². The number of hydrogen-bond acceptors (Lipinski definition) is 5. The Labute approximate surface area is 148 Å². The second-order valence-corrected chi connectivity index (χ2v) is 6.19. The van der Waals surface area contributed by atoms with Crippen molar-refractivity contribution in [3.8, 4) is 17.4 Å². The summed E-state index contributed by atoms with van der Waals surface area (Å²) in [6.07, 6.45) is 0. The number of aromatic hydroxyl groups is 1. The van der Waals surface area contributed by atoms with Crippen LogP contribution in [0.4, 0.5) is 5.69 Å². The third kappa shape index (κ3) is 2.36. The maximum absolute atomic E-state index is 12.9. The second kappa shape index (κ2) is 5.80. The van der Waals surface area contributed by atoms with Crippen LogP contribution >= 0.6 is 0 Å². The van der Waals surface area contributed by atoms with E-state index < -0.39 is 17.3 Å². The van der Waals surface area contributed by atoms with Crippen LogP contribution in [-0.2, 0) is 14.1 Å². The van der Waals surface area contributed by atoms with Gasteiger partial charge in [0.15, 0.2) is 5.75 Å². The van der Waals surface area contributed by atoms with Crippen LogP contribution in [0.1, 0.15) is 17.2 Å². The zero-order valence-electron chi connectivity index (χ0n) is 14.3. The highest BCUT2D eigenvalue weighted by molar-refractivity contribution is 5.63. The molecule has 1 aromatic heterocycles. The number of hydrogen-bond donors (Lipinski definition) is 2. The van der Waals surface area contributed by atoms with Crippen molar-refractivity contribution >= 4 is 5.69 Å². The van der Waals surface area contributed by atoms with Gasteiger partial charge in [-0.15, -0.1) is 0 Å². The number of ether oxygens (including phenoxy) is 1. The molecule has 0 aliphatic carbocycles. The highest BCUT2D eigenvalue weighted by atomic mass is 16.5. The lowest BCUT2D eigenvalue weighted by Gasteiger charge is -2.20. The van der Waals surface area contributed by atoms with Gasteiger partial charge in [-0.1, -0.05) is 24.3 Å². The lowest BCUT2D eigenvalue weighted by molar-refractivity contribution is 0.420. The summed E-state index contributed by atoms with van der Waals surface area (Å²) < 4.78 is 8.35. The molecule has 7 nitrogen and oxygen atoms in total. The minimum atomic E-state index is -0.542. The summed E-state index contributed by atoms with van der Waals surface area (Å²) in [6.45, 7) is 0. The molecule has 0 saturated carbocycles. The molecule has 0 bridgehead atoms. The molecule has 26 heavy (non-hydrogen) atoms. The van der Waals surface area contributed by atoms with Gasteiger partial charge in [-0.25, -0.2) is 4.79 Å². The molecule has 0 fully saturated rings. The lowest BCUT2D eigenvalue weighted by atomic mass is 10.00. The van der Waals surface area contributed by atoms with E-state index in [1.807, 2.05) is 18.2 Å². The van der Waals surface area contributed by atoms with Crippen molar-refractivity contribution in [1.82, 2.24) is 9.13 Å². The molecule has 0 spiro atoms. The van der Waals surface area contributed by atoms with Crippen molar-refractivity contribution in [3.63, 3.8) is 0 Å². The summed E-state index contributed by atoms with van der Waals surface area (Å²) in [7, 11) is 3.01. The average molecular weight is 351 g/mol. The van der Waals surface area contributed by atoms with Crippen molar-refractivity contribution in [1.29, 1.82) is 0 Å². The van der Waals surface area contributed by atoms with Crippen LogP contribution in [0.5, 0.6) is 17.4 Å². The van der Waals surface area contributed by atoms with Crippen LogP contribution < -0.4 is 21.3 Å². The number of aromatic nitrogens is 2. The van der Waals surface area contributed by atoms with Gasteiger partial charge in [-0.3, -0.25) is 13.9 Å². The van der Waals surface area contributed by atoms with Crippen LogP contribution in [0, 0.1) is 0 Å². The van der Waals surface area contributed by atoms with Crippen molar-refractivity contribution in [2.24, 2.45) is 14.1 Å². The first-order valence-corrected chi connectivity index (χ1v) is 8.09. The number of anilines is 1. The molecule has 2 aromatic carbocycles. The predicted octanol–water partition coefficient (Wildman–Crippen LogP) is 2.10. The monoisotopic (exact) mass is 351 g/mol. The fourth-order valence-corrected chi connectivity index (χ4v) is 3.15. The Hall–Kier alpha value is -3.48. The Bertz CT molecular complexity index is 1110. The van der Waals surface area contributed by atoms with Crippen molar-refractivity contribution in [3.05, 3.63) is 80.5 Å². The SMILES string of the molecule is Cn1c2c(c(=O)n(C)c1=O)[C@H](c1ccc(O)cc1)Nc1ccccc1O2. The highest BCUT2D eigenvalue weighted by Crippen LogP contribution is 2.40. The first-order chi connectivity index (χ1) is 12.5. The number of nitrogens with one attached hydrogen (secondary N) is 1. The van der Waals surface area contributed by atoms with E-state index in [0.717, 1.165) is 10.1 Å². The number of fused-ring (bicyclic) bond motifs is 2. The van der Waals surface area contributed by atoms with Crippen LogP contribution in [0.2, 0.25) is 0 Å². The standard InChI is InChI=1S/C19H17N3O4/c1-21-17(24)15-16(11-7-9-12(23)10-8-11)20-13-5-3-4-6-14(13)26-18(15)22(2)19(21)25/h3-10,16,20,23H,1-2H3/t16-/m0/s1.